The molecule has 0 bridgehead atoms. The van der Waals surface area contributed by atoms with E-state index in [1.165, 1.54) is 0 Å². The minimum absolute atomic E-state index is 0.0879. The minimum Gasteiger partial charge on any atom is -0.464 e. The van der Waals surface area contributed by atoms with Gasteiger partial charge in [-0.15, -0.1) is 0 Å². The van der Waals surface area contributed by atoms with Crippen molar-refractivity contribution < 1.29 is 4.42 Å². The molecule has 94 valence electrons. The first-order valence-electron chi connectivity index (χ1n) is 6.06. The van der Waals surface area contributed by atoms with Crippen LogP contribution in [-0.2, 0) is 0 Å². The molecule has 2 N–H and O–H groups in total. The lowest BCUT2D eigenvalue weighted by Gasteiger charge is -2.23. The first-order valence-corrected chi connectivity index (χ1v) is 6.06. The normalized spacial score (nSPS) is 14.1. The molecular formula is C14H17N3O. The average Bonchev–Trinajstić information content (AvgIpc) is 2.99. The Labute approximate surface area is 107 Å². The zero-order valence-electron chi connectivity index (χ0n) is 10.6. The zero-order valence-corrected chi connectivity index (χ0v) is 10.6. The van der Waals surface area contributed by atoms with Crippen molar-refractivity contribution in [2.24, 2.45) is 5.73 Å². The maximum absolute atomic E-state index is 9.12. The number of aryl methyl sites for hydroxylation is 1. The van der Waals surface area contributed by atoms with Crippen molar-refractivity contribution in [2.45, 2.75) is 32.4 Å². The van der Waals surface area contributed by atoms with E-state index in [1.54, 1.807) is 6.07 Å². The number of nitrogens with zero attached hydrogens (tertiary/aromatic N) is 2. The molecule has 0 spiro atoms. The highest BCUT2D eigenvalue weighted by atomic mass is 16.3. The van der Waals surface area contributed by atoms with Gasteiger partial charge in [0.05, 0.1) is 0 Å². The van der Waals surface area contributed by atoms with E-state index in [-0.39, 0.29) is 12.1 Å². The highest BCUT2D eigenvalue weighted by Gasteiger charge is 2.24. The molecule has 0 aliphatic heterocycles. The molecule has 2 heterocycles. The second-order valence-electron chi connectivity index (χ2n) is 4.38. The number of rotatable bonds is 4. The van der Waals surface area contributed by atoms with Crippen LogP contribution in [0, 0.1) is 18.3 Å². The maximum Gasteiger partial charge on any atom is 0.128 e. The lowest BCUT2D eigenvalue weighted by atomic mass is 10.0. The first kappa shape index (κ1) is 12.5. The highest BCUT2D eigenvalue weighted by molar-refractivity contribution is 5.26. The maximum atomic E-state index is 9.12. The molecule has 2 rings (SSSR count). The van der Waals surface area contributed by atoms with Gasteiger partial charge >= 0.3 is 0 Å². The Balaban J connectivity index is 2.47. The third-order valence-electron chi connectivity index (χ3n) is 3.12. The zero-order chi connectivity index (χ0) is 13.1. The van der Waals surface area contributed by atoms with Crippen LogP contribution in [0.15, 0.2) is 34.9 Å². The molecule has 4 heteroatoms. The van der Waals surface area contributed by atoms with E-state index in [0.29, 0.717) is 5.69 Å². The van der Waals surface area contributed by atoms with Crippen LogP contribution in [0.1, 0.15) is 36.6 Å². The molecule has 0 saturated carbocycles. The second kappa shape index (κ2) is 5.11. The van der Waals surface area contributed by atoms with E-state index in [1.807, 2.05) is 42.8 Å². The summed E-state index contributed by atoms with van der Waals surface area (Å²) in [5.74, 6) is 1.65. The Kier molecular flexibility index (Phi) is 3.54. The van der Waals surface area contributed by atoms with Crippen LogP contribution < -0.4 is 5.73 Å². The average molecular weight is 243 g/mol. The van der Waals surface area contributed by atoms with Crippen molar-refractivity contribution in [3.63, 3.8) is 0 Å². The van der Waals surface area contributed by atoms with E-state index in [0.717, 1.165) is 17.9 Å². The van der Waals surface area contributed by atoms with Crippen molar-refractivity contribution in [1.82, 2.24) is 4.57 Å². The molecule has 0 aromatic carbocycles. The molecule has 0 radical (unpaired) electrons. The highest BCUT2D eigenvalue weighted by Crippen LogP contribution is 2.26. The van der Waals surface area contributed by atoms with Crippen LogP contribution in [0.5, 0.6) is 0 Å². The van der Waals surface area contributed by atoms with Gasteiger partial charge in [0.15, 0.2) is 0 Å². The summed E-state index contributed by atoms with van der Waals surface area (Å²) in [6, 6.07) is 9.44. The van der Waals surface area contributed by atoms with Gasteiger partial charge in [-0.25, -0.2) is 0 Å². The summed E-state index contributed by atoms with van der Waals surface area (Å²) in [6.07, 6.45) is 2.68. The van der Waals surface area contributed by atoms with Crippen molar-refractivity contribution in [2.75, 3.05) is 0 Å². The molecule has 2 unspecified atom stereocenters. The SMILES string of the molecule is CCC(N)C(c1ccc(C)o1)n1cccc1C#N. The molecule has 18 heavy (non-hydrogen) atoms. The lowest BCUT2D eigenvalue weighted by Crippen LogP contribution is -2.32. The van der Waals surface area contributed by atoms with Crippen LogP contribution in [0.3, 0.4) is 0 Å². The molecule has 0 saturated heterocycles. The van der Waals surface area contributed by atoms with Crippen molar-refractivity contribution in [3.8, 4) is 6.07 Å². The van der Waals surface area contributed by atoms with Gasteiger partial charge in [0.2, 0.25) is 0 Å². The van der Waals surface area contributed by atoms with Crippen LogP contribution in [0.25, 0.3) is 0 Å². The molecule has 0 aliphatic carbocycles. The summed E-state index contributed by atoms with van der Waals surface area (Å²) in [7, 11) is 0. The Hall–Kier alpha value is -1.99. The smallest absolute Gasteiger partial charge is 0.128 e. The molecule has 4 nitrogen and oxygen atoms in total. The topological polar surface area (TPSA) is 67.9 Å². The van der Waals surface area contributed by atoms with E-state index in [9.17, 15) is 0 Å². The molecule has 2 atom stereocenters. The number of nitriles is 1. The molecule has 0 fully saturated rings. The van der Waals surface area contributed by atoms with Gasteiger partial charge in [-0.1, -0.05) is 6.92 Å². The summed E-state index contributed by atoms with van der Waals surface area (Å²) in [5.41, 5.74) is 6.78. The fourth-order valence-corrected chi connectivity index (χ4v) is 2.12. The number of furan rings is 1. The van der Waals surface area contributed by atoms with Crippen LogP contribution in [0.2, 0.25) is 0 Å². The van der Waals surface area contributed by atoms with E-state index in [2.05, 4.69) is 6.07 Å². The van der Waals surface area contributed by atoms with E-state index >= 15 is 0 Å². The number of aromatic nitrogens is 1. The monoisotopic (exact) mass is 243 g/mol. The molecule has 2 aromatic heterocycles. The quantitative estimate of drug-likeness (QED) is 0.897. The molecular weight excluding hydrogens is 226 g/mol. The number of hydrogen-bond donors (Lipinski definition) is 1. The van der Waals surface area contributed by atoms with E-state index in [4.69, 9.17) is 15.4 Å². The lowest BCUT2D eigenvalue weighted by molar-refractivity contribution is 0.364. The fraction of sp³-hybridized carbons (Fsp3) is 0.357. The van der Waals surface area contributed by atoms with Gasteiger partial charge in [0.1, 0.15) is 29.3 Å². The van der Waals surface area contributed by atoms with Gasteiger partial charge < -0.3 is 14.7 Å². The summed E-state index contributed by atoms with van der Waals surface area (Å²) in [6.45, 7) is 3.93. The third-order valence-corrected chi connectivity index (χ3v) is 3.12. The first-order chi connectivity index (χ1) is 8.67. The van der Waals surface area contributed by atoms with E-state index < -0.39 is 0 Å². The van der Waals surface area contributed by atoms with Crippen molar-refractivity contribution >= 4 is 0 Å². The van der Waals surface area contributed by atoms with Gasteiger partial charge in [-0.3, -0.25) is 0 Å². The van der Waals surface area contributed by atoms with Gasteiger partial charge in [-0.2, -0.15) is 5.26 Å². The molecule has 2 aromatic rings. The largest absolute Gasteiger partial charge is 0.464 e. The Morgan fingerprint density at radius 3 is 2.78 bits per heavy atom. The Bertz CT molecular complexity index is 562. The summed E-state index contributed by atoms with van der Waals surface area (Å²) < 4.78 is 7.56. The minimum atomic E-state index is -0.131. The predicted molar refractivity (Wildman–Crippen MR) is 69.0 cm³/mol. The standard InChI is InChI=1S/C14H17N3O/c1-3-12(16)14(13-7-6-10(2)18-13)17-8-4-5-11(17)9-15/h4-8,12,14H,3,16H2,1-2H3. The van der Waals surface area contributed by atoms with Gasteiger partial charge in [0, 0.05) is 12.2 Å². The molecule has 0 aliphatic rings. The summed E-state index contributed by atoms with van der Waals surface area (Å²) in [5, 5.41) is 9.12. The van der Waals surface area contributed by atoms with Gasteiger partial charge in [0.25, 0.3) is 0 Å². The number of hydrogen-bond acceptors (Lipinski definition) is 3. The van der Waals surface area contributed by atoms with Gasteiger partial charge in [-0.05, 0) is 37.6 Å². The fourth-order valence-electron chi connectivity index (χ4n) is 2.12. The third kappa shape index (κ3) is 2.18. The van der Waals surface area contributed by atoms with Crippen molar-refractivity contribution in [1.29, 1.82) is 5.26 Å². The second-order valence-corrected chi connectivity index (χ2v) is 4.38. The van der Waals surface area contributed by atoms with Crippen LogP contribution in [-0.4, -0.2) is 10.6 Å². The van der Waals surface area contributed by atoms with Crippen molar-refractivity contribution in [3.05, 3.63) is 47.7 Å². The summed E-state index contributed by atoms with van der Waals surface area (Å²) in [4.78, 5) is 0. The predicted octanol–water partition coefficient (Wildman–Crippen LogP) is 2.59. The Morgan fingerprint density at radius 2 is 2.22 bits per heavy atom. The number of nitrogens with two attached hydrogens (primary N) is 1. The van der Waals surface area contributed by atoms with Crippen LogP contribution >= 0.6 is 0 Å². The van der Waals surface area contributed by atoms with Crippen LogP contribution in [0.4, 0.5) is 0 Å². The summed E-state index contributed by atoms with van der Waals surface area (Å²) >= 11 is 0. The Morgan fingerprint density at radius 1 is 1.44 bits per heavy atom. The molecule has 0 amide bonds.